The van der Waals surface area contributed by atoms with Crippen LogP contribution in [0.25, 0.3) is 0 Å². The maximum absolute atomic E-state index is 11.9. The van der Waals surface area contributed by atoms with E-state index in [1.54, 1.807) is 43.0 Å². The number of aromatic nitrogens is 1. The first-order chi connectivity index (χ1) is 8.61. The Labute approximate surface area is 106 Å². The fourth-order valence-corrected chi connectivity index (χ4v) is 1.86. The number of hydrogen-bond donors (Lipinski definition) is 1. The lowest BCUT2D eigenvalue weighted by Crippen LogP contribution is -2.21. The van der Waals surface area contributed by atoms with Gasteiger partial charge in [0.15, 0.2) is 0 Å². The average molecular weight is 244 g/mol. The number of benzene rings is 1. The maximum Gasteiger partial charge on any atom is 0.253 e. The minimum absolute atomic E-state index is 0.0105. The van der Waals surface area contributed by atoms with Gasteiger partial charge in [0.05, 0.1) is 13.7 Å². The van der Waals surface area contributed by atoms with Gasteiger partial charge in [0.2, 0.25) is 0 Å². The molecule has 0 unspecified atom stereocenters. The highest BCUT2D eigenvalue weighted by Gasteiger charge is 2.06. The van der Waals surface area contributed by atoms with E-state index in [1.807, 2.05) is 12.1 Å². The molecule has 2 N–H and O–H groups in total. The van der Waals surface area contributed by atoms with E-state index in [2.05, 4.69) is 0 Å². The molecule has 0 spiro atoms. The third kappa shape index (κ3) is 2.37. The van der Waals surface area contributed by atoms with Crippen LogP contribution in [0.1, 0.15) is 11.1 Å². The molecule has 0 radical (unpaired) electrons. The van der Waals surface area contributed by atoms with Gasteiger partial charge in [0.25, 0.3) is 5.56 Å². The van der Waals surface area contributed by atoms with Gasteiger partial charge in [-0.2, -0.15) is 0 Å². The van der Waals surface area contributed by atoms with Crippen molar-refractivity contribution in [3.63, 3.8) is 0 Å². The number of hydrogen-bond acceptors (Lipinski definition) is 3. The zero-order valence-electron chi connectivity index (χ0n) is 10.5. The molecular weight excluding hydrogens is 228 g/mol. The number of nitrogens with two attached hydrogens (primary N) is 1. The summed E-state index contributed by atoms with van der Waals surface area (Å²) >= 11 is 0. The summed E-state index contributed by atoms with van der Waals surface area (Å²) in [7, 11) is 1.59. The van der Waals surface area contributed by atoms with Gasteiger partial charge in [0.1, 0.15) is 5.75 Å². The Balaban J connectivity index is 2.40. The summed E-state index contributed by atoms with van der Waals surface area (Å²) in [6, 6.07) is 9.11. The van der Waals surface area contributed by atoms with E-state index in [0.29, 0.717) is 18.0 Å². The Morgan fingerprint density at radius 2 is 2.11 bits per heavy atom. The molecule has 18 heavy (non-hydrogen) atoms. The highest BCUT2D eigenvalue weighted by atomic mass is 16.5. The van der Waals surface area contributed by atoms with E-state index in [4.69, 9.17) is 10.5 Å². The Kier molecular flexibility index (Phi) is 3.37. The third-order valence-corrected chi connectivity index (χ3v) is 2.86. The van der Waals surface area contributed by atoms with Crippen LogP contribution < -0.4 is 16.0 Å². The molecule has 0 saturated heterocycles. The van der Waals surface area contributed by atoms with Crippen LogP contribution in [0.2, 0.25) is 0 Å². The van der Waals surface area contributed by atoms with Gasteiger partial charge in [-0.05, 0) is 19.1 Å². The van der Waals surface area contributed by atoms with Gasteiger partial charge in [-0.15, -0.1) is 0 Å². The predicted octanol–water partition coefficient (Wildman–Crippen LogP) is 1.80. The average Bonchev–Trinajstić information content (AvgIpc) is 2.37. The molecule has 94 valence electrons. The first kappa shape index (κ1) is 12.2. The molecule has 2 aromatic rings. The van der Waals surface area contributed by atoms with Crippen LogP contribution in [0.3, 0.4) is 0 Å². The molecule has 0 amide bonds. The smallest absolute Gasteiger partial charge is 0.253 e. The van der Waals surface area contributed by atoms with Crippen LogP contribution in [0.4, 0.5) is 5.69 Å². The van der Waals surface area contributed by atoms with Crippen LogP contribution in [0, 0.1) is 6.92 Å². The minimum atomic E-state index is 0.0105. The molecular formula is C14H16N2O2. The van der Waals surface area contributed by atoms with Crippen molar-refractivity contribution in [2.45, 2.75) is 13.5 Å². The summed E-state index contributed by atoms with van der Waals surface area (Å²) in [6.07, 6.45) is 1.77. The maximum atomic E-state index is 11.9. The van der Waals surface area contributed by atoms with Gasteiger partial charge in [-0.1, -0.05) is 12.1 Å². The van der Waals surface area contributed by atoms with Crippen LogP contribution in [0.5, 0.6) is 5.75 Å². The number of nitrogens with zero attached hydrogens (tertiary/aromatic N) is 1. The number of aryl methyl sites for hydroxylation is 1. The lowest BCUT2D eigenvalue weighted by molar-refractivity contribution is 0.408. The number of anilines is 1. The monoisotopic (exact) mass is 244 g/mol. The van der Waals surface area contributed by atoms with Crippen molar-refractivity contribution in [1.29, 1.82) is 0 Å². The first-order valence-electron chi connectivity index (χ1n) is 5.70. The van der Waals surface area contributed by atoms with Gasteiger partial charge in [-0.3, -0.25) is 4.79 Å². The Morgan fingerprint density at radius 3 is 2.83 bits per heavy atom. The lowest BCUT2D eigenvalue weighted by Gasteiger charge is -2.11. The van der Waals surface area contributed by atoms with E-state index in [9.17, 15) is 4.79 Å². The van der Waals surface area contributed by atoms with Crippen molar-refractivity contribution in [3.05, 3.63) is 58.0 Å². The van der Waals surface area contributed by atoms with Gasteiger partial charge >= 0.3 is 0 Å². The second kappa shape index (κ2) is 4.96. The number of pyridine rings is 1. The third-order valence-electron chi connectivity index (χ3n) is 2.86. The van der Waals surface area contributed by atoms with Crippen molar-refractivity contribution in [1.82, 2.24) is 4.57 Å². The SMILES string of the molecule is COc1cc(N)ccc1Cn1cccc(C)c1=O. The van der Waals surface area contributed by atoms with Crippen molar-refractivity contribution >= 4 is 5.69 Å². The number of nitrogen functional groups attached to an aromatic ring is 1. The minimum Gasteiger partial charge on any atom is -0.496 e. The fourth-order valence-electron chi connectivity index (χ4n) is 1.86. The van der Waals surface area contributed by atoms with Gasteiger partial charge in [0, 0.05) is 29.1 Å². The summed E-state index contributed by atoms with van der Waals surface area (Å²) in [4.78, 5) is 11.9. The van der Waals surface area contributed by atoms with E-state index < -0.39 is 0 Å². The molecule has 0 saturated carbocycles. The highest BCUT2D eigenvalue weighted by Crippen LogP contribution is 2.21. The molecule has 0 aliphatic heterocycles. The molecule has 0 aliphatic rings. The topological polar surface area (TPSA) is 57.2 Å². The van der Waals surface area contributed by atoms with Crippen molar-refractivity contribution in [2.75, 3.05) is 12.8 Å². The summed E-state index contributed by atoms with van der Waals surface area (Å²) in [5, 5.41) is 0. The van der Waals surface area contributed by atoms with Crippen molar-refractivity contribution in [3.8, 4) is 5.75 Å². The van der Waals surface area contributed by atoms with Crippen LogP contribution in [-0.2, 0) is 6.54 Å². The van der Waals surface area contributed by atoms with E-state index in [0.717, 1.165) is 11.1 Å². The highest BCUT2D eigenvalue weighted by molar-refractivity contribution is 5.48. The second-order valence-electron chi connectivity index (χ2n) is 4.20. The number of ether oxygens (including phenoxy) is 1. The van der Waals surface area contributed by atoms with E-state index >= 15 is 0 Å². The molecule has 4 nitrogen and oxygen atoms in total. The summed E-state index contributed by atoms with van der Waals surface area (Å²) in [5.41, 5.74) is 8.02. The molecule has 1 aromatic heterocycles. The first-order valence-corrected chi connectivity index (χ1v) is 5.70. The molecule has 2 rings (SSSR count). The van der Waals surface area contributed by atoms with Crippen molar-refractivity contribution < 1.29 is 4.74 Å². The molecule has 0 aliphatic carbocycles. The van der Waals surface area contributed by atoms with Gasteiger partial charge in [-0.25, -0.2) is 0 Å². The summed E-state index contributed by atoms with van der Waals surface area (Å²) in [6.45, 7) is 2.28. The molecule has 0 bridgehead atoms. The van der Waals surface area contributed by atoms with E-state index in [1.165, 1.54) is 0 Å². The Morgan fingerprint density at radius 1 is 1.33 bits per heavy atom. The van der Waals surface area contributed by atoms with Crippen LogP contribution in [-0.4, -0.2) is 11.7 Å². The summed E-state index contributed by atoms with van der Waals surface area (Å²) < 4.78 is 6.93. The Bertz CT molecular complexity index is 617. The van der Waals surface area contributed by atoms with E-state index in [-0.39, 0.29) is 5.56 Å². The Hall–Kier alpha value is -2.23. The zero-order valence-corrected chi connectivity index (χ0v) is 10.5. The molecule has 1 aromatic carbocycles. The largest absolute Gasteiger partial charge is 0.496 e. The van der Waals surface area contributed by atoms with Crippen LogP contribution >= 0.6 is 0 Å². The summed E-state index contributed by atoms with van der Waals surface area (Å²) in [5.74, 6) is 0.698. The number of rotatable bonds is 3. The lowest BCUT2D eigenvalue weighted by atomic mass is 10.1. The van der Waals surface area contributed by atoms with Crippen LogP contribution in [0.15, 0.2) is 41.3 Å². The number of methoxy groups -OCH3 is 1. The molecule has 0 atom stereocenters. The van der Waals surface area contributed by atoms with Gasteiger partial charge < -0.3 is 15.0 Å². The molecule has 4 heteroatoms. The standard InChI is InChI=1S/C14H16N2O2/c1-10-4-3-7-16(14(10)17)9-11-5-6-12(15)8-13(11)18-2/h3-8H,9,15H2,1-2H3. The normalized spacial score (nSPS) is 10.3. The van der Waals surface area contributed by atoms with Crippen molar-refractivity contribution in [2.24, 2.45) is 0 Å². The second-order valence-corrected chi connectivity index (χ2v) is 4.20. The predicted molar refractivity (Wildman–Crippen MR) is 71.9 cm³/mol. The zero-order chi connectivity index (χ0) is 13.1. The fraction of sp³-hybridized carbons (Fsp3) is 0.214. The quantitative estimate of drug-likeness (QED) is 0.837. The molecule has 1 heterocycles. The molecule has 0 fully saturated rings.